The van der Waals surface area contributed by atoms with E-state index in [2.05, 4.69) is 11.1 Å². The monoisotopic (exact) mass is 213 g/mol. The highest BCUT2D eigenvalue weighted by Gasteiger charge is 1.95. The van der Waals surface area contributed by atoms with Gasteiger partial charge in [0.25, 0.3) is 0 Å². The molecule has 0 saturated heterocycles. The highest BCUT2D eigenvalue weighted by atomic mass is 35.5. The third kappa shape index (κ3) is 4.58. The first-order chi connectivity index (χ1) is 6.83. The Morgan fingerprint density at radius 3 is 2.93 bits per heavy atom. The van der Waals surface area contributed by atoms with E-state index in [9.17, 15) is 0 Å². The highest BCUT2D eigenvalue weighted by Crippen LogP contribution is 2.01. The molecule has 0 aromatic carbocycles. The predicted molar refractivity (Wildman–Crippen MR) is 58.8 cm³/mol. The van der Waals surface area contributed by atoms with Crippen molar-refractivity contribution in [2.75, 3.05) is 19.1 Å². The van der Waals surface area contributed by atoms with Gasteiger partial charge in [0.1, 0.15) is 0 Å². The number of pyridine rings is 1. The third-order valence-electron chi connectivity index (χ3n) is 1.89. The molecule has 0 aliphatic carbocycles. The molecule has 0 amide bonds. The number of hydrogen-bond acceptors (Lipinski definition) is 2. The molecule has 1 aromatic heterocycles. The molecule has 78 valence electrons. The smallest absolute Gasteiger partial charge is 0.0601 e. The molecule has 0 unspecified atom stereocenters. The van der Waals surface area contributed by atoms with Gasteiger partial charge in [-0.1, -0.05) is 6.07 Å². The van der Waals surface area contributed by atoms with Gasteiger partial charge < -0.3 is 4.74 Å². The molecule has 0 bridgehead atoms. The van der Waals surface area contributed by atoms with Crippen LogP contribution in [-0.4, -0.2) is 24.1 Å². The van der Waals surface area contributed by atoms with Crippen molar-refractivity contribution >= 4 is 11.6 Å². The lowest BCUT2D eigenvalue weighted by atomic mass is 10.2. The number of nitrogens with zero attached hydrogens (tertiary/aromatic N) is 1. The Hall–Kier alpha value is -0.600. The van der Waals surface area contributed by atoms with E-state index in [1.165, 1.54) is 0 Å². The van der Waals surface area contributed by atoms with E-state index in [1.54, 1.807) is 0 Å². The lowest BCUT2D eigenvalue weighted by Crippen LogP contribution is -2.00. The summed E-state index contributed by atoms with van der Waals surface area (Å²) in [6.07, 6.45) is 1.98. The quantitative estimate of drug-likeness (QED) is 0.535. The third-order valence-corrected chi connectivity index (χ3v) is 2.04. The van der Waals surface area contributed by atoms with Gasteiger partial charge in [-0.2, -0.15) is 0 Å². The first-order valence-corrected chi connectivity index (χ1v) is 5.42. The summed E-state index contributed by atoms with van der Waals surface area (Å²) in [7, 11) is 0. The summed E-state index contributed by atoms with van der Waals surface area (Å²) in [5.74, 6) is 0.572. The highest BCUT2D eigenvalue weighted by molar-refractivity contribution is 6.17. The lowest BCUT2D eigenvalue weighted by molar-refractivity contribution is 0.146. The van der Waals surface area contributed by atoms with Gasteiger partial charge in [-0.05, 0) is 31.9 Å². The molecule has 1 aromatic rings. The standard InChI is InChI=1S/C11H16ClNO/c1-10-4-2-5-11(13-10)6-3-8-14-9-7-12/h2,4-5H,3,6-9H2,1H3. The Labute approximate surface area is 90.3 Å². The number of rotatable bonds is 6. The van der Waals surface area contributed by atoms with E-state index in [-0.39, 0.29) is 0 Å². The predicted octanol–water partition coefficient (Wildman–Crippen LogP) is 2.58. The number of halogens is 1. The van der Waals surface area contributed by atoms with Crippen molar-refractivity contribution in [1.82, 2.24) is 4.98 Å². The van der Waals surface area contributed by atoms with Crippen LogP contribution in [0.5, 0.6) is 0 Å². The fourth-order valence-electron chi connectivity index (χ4n) is 1.25. The first-order valence-electron chi connectivity index (χ1n) is 4.89. The molecule has 0 atom stereocenters. The van der Waals surface area contributed by atoms with E-state index in [1.807, 2.05) is 19.1 Å². The van der Waals surface area contributed by atoms with Gasteiger partial charge in [0.05, 0.1) is 6.61 Å². The van der Waals surface area contributed by atoms with E-state index >= 15 is 0 Å². The van der Waals surface area contributed by atoms with Gasteiger partial charge in [-0.25, -0.2) is 0 Å². The molecule has 2 nitrogen and oxygen atoms in total. The zero-order chi connectivity index (χ0) is 10.2. The minimum atomic E-state index is 0.572. The zero-order valence-electron chi connectivity index (χ0n) is 8.50. The fourth-order valence-corrected chi connectivity index (χ4v) is 1.36. The van der Waals surface area contributed by atoms with Crippen LogP contribution in [0.25, 0.3) is 0 Å². The normalized spacial score (nSPS) is 10.4. The molecule has 0 saturated carbocycles. The van der Waals surface area contributed by atoms with Crippen molar-refractivity contribution in [2.24, 2.45) is 0 Å². The number of aromatic nitrogens is 1. The Morgan fingerprint density at radius 1 is 1.36 bits per heavy atom. The molecule has 1 rings (SSSR count). The first kappa shape index (κ1) is 11.5. The van der Waals surface area contributed by atoms with Crippen LogP contribution in [0, 0.1) is 6.92 Å². The Kier molecular flexibility index (Phi) is 5.57. The van der Waals surface area contributed by atoms with Gasteiger partial charge in [0.15, 0.2) is 0 Å². The Bertz CT molecular complexity index is 265. The van der Waals surface area contributed by atoms with Gasteiger partial charge in [0.2, 0.25) is 0 Å². The summed E-state index contributed by atoms with van der Waals surface area (Å²) in [6, 6.07) is 6.10. The molecular formula is C11H16ClNO. The van der Waals surface area contributed by atoms with E-state index in [4.69, 9.17) is 16.3 Å². The molecular weight excluding hydrogens is 198 g/mol. The van der Waals surface area contributed by atoms with Crippen LogP contribution in [0.1, 0.15) is 17.8 Å². The minimum Gasteiger partial charge on any atom is -0.380 e. The van der Waals surface area contributed by atoms with Crippen molar-refractivity contribution in [3.05, 3.63) is 29.6 Å². The lowest BCUT2D eigenvalue weighted by Gasteiger charge is -2.02. The molecule has 0 radical (unpaired) electrons. The van der Waals surface area contributed by atoms with Crippen molar-refractivity contribution in [2.45, 2.75) is 19.8 Å². The molecule has 3 heteroatoms. The number of aryl methyl sites for hydroxylation is 2. The van der Waals surface area contributed by atoms with Crippen molar-refractivity contribution in [1.29, 1.82) is 0 Å². The number of hydrogen-bond donors (Lipinski definition) is 0. The maximum Gasteiger partial charge on any atom is 0.0601 e. The Morgan fingerprint density at radius 2 is 2.21 bits per heavy atom. The van der Waals surface area contributed by atoms with Gasteiger partial charge >= 0.3 is 0 Å². The van der Waals surface area contributed by atoms with Crippen LogP contribution < -0.4 is 0 Å². The fraction of sp³-hybridized carbons (Fsp3) is 0.545. The number of ether oxygens (including phenoxy) is 1. The second kappa shape index (κ2) is 6.80. The number of alkyl halides is 1. The maximum atomic E-state index is 5.48. The molecule has 0 spiro atoms. The summed E-state index contributed by atoms with van der Waals surface area (Å²) in [5.41, 5.74) is 2.21. The van der Waals surface area contributed by atoms with Crippen LogP contribution in [-0.2, 0) is 11.2 Å². The molecule has 0 N–H and O–H groups in total. The van der Waals surface area contributed by atoms with Crippen molar-refractivity contribution < 1.29 is 4.74 Å². The van der Waals surface area contributed by atoms with Crippen molar-refractivity contribution in [3.63, 3.8) is 0 Å². The van der Waals surface area contributed by atoms with Gasteiger partial charge in [-0.15, -0.1) is 11.6 Å². The molecule has 0 fully saturated rings. The van der Waals surface area contributed by atoms with Gasteiger partial charge in [0, 0.05) is 23.9 Å². The van der Waals surface area contributed by atoms with Crippen LogP contribution >= 0.6 is 11.6 Å². The average molecular weight is 214 g/mol. The van der Waals surface area contributed by atoms with Crippen LogP contribution in [0.4, 0.5) is 0 Å². The summed E-state index contributed by atoms with van der Waals surface area (Å²) in [6.45, 7) is 3.42. The summed E-state index contributed by atoms with van der Waals surface area (Å²) in [4.78, 5) is 4.41. The molecule has 1 heterocycles. The summed E-state index contributed by atoms with van der Waals surface area (Å²) >= 11 is 5.48. The summed E-state index contributed by atoms with van der Waals surface area (Å²) in [5, 5.41) is 0. The van der Waals surface area contributed by atoms with Crippen LogP contribution in [0.3, 0.4) is 0 Å². The largest absolute Gasteiger partial charge is 0.380 e. The van der Waals surface area contributed by atoms with E-state index in [0.29, 0.717) is 12.5 Å². The summed E-state index contributed by atoms with van der Waals surface area (Å²) < 4.78 is 5.28. The maximum absolute atomic E-state index is 5.48. The van der Waals surface area contributed by atoms with E-state index in [0.717, 1.165) is 30.8 Å². The average Bonchev–Trinajstić information content (AvgIpc) is 2.18. The van der Waals surface area contributed by atoms with Crippen molar-refractivity contribution in [3.8, 4) is 0 Å². The van der Waals surface area contributed by atoms with Crippen LogP contribution in [0.2, 0.25) is 0 Å². The van der Waals surface area contributed by atoms with Gasteiger partial charge in [-0.3, -0.25) is 4.98 Å². The van der Waals surface area contributed by atoms with Crippen LogP contribution in [0.15, 0.2) is 18.2 Å². The second-order valence-corrected chi connectivity index (χ2v) is 3.55. The van der Waals surface area contributed by atoms with E-state index < -0.39 is 0 Å². The SMILES string of the molecule is Cc1cccc(CCCOCCCl)n1. The molecule has 0 aliphatic heterocycles. The molecule has 14 heavy (non-hydrogen) atoms. The minimum absolute atomic E-state index is 0.572. The molecule has 0 aliphatic rings. The second-order valence-electron chi connectivity index (χ2n) is 3.18. The Balaban J connectivity index is 2.18. The topological polar surface area (TPSA) is 22.1 Å². The zero-order valence-corrected chi connectivity index (χ0v) is 9.26.